The molecule has 0 radical (unpaired) electrons. The number of halogens is 2. The lowest BCUT2D eigenvalue weighted by atomic mass is 10.1. The van der Waals surface area contributed by atoms with Crippen molar-refractivity contribution in [3.63, 3.8) is 0 Å². The summed E-state index contributed by atoms with van der Waals surface area (Å²) in [5.41, 5.74) is 1.66. The van der Waals surface area contributed by atoms with Gasteiger partial charge in [-0.2, -0.15) is 0 Å². The molecule has 0 N–H and O–H groups in total. The Morgan fingerprint density at radius 3 is 2.70 bits per heavy atom. The zero-order valence-electron chi connectivity index (χ0n) is 14.7. The molecule has 1 aliphatic heterocycles. The van der Waals surface area contributed by atoms with Crippen LogP contribution in [-0.2, 0) is 9.53 Å². The van der Waals surface area contributed by atoms with Crippen LogP contribution in [0.4, 0.5) is 0 Å². The van der Waals surface area contributed by atoms with Gasteiger partial charge in [0.05, 0.1) is 12.2 Å². The molecule has 0 bridgehead atoms. The van der Waals surface area contributed by atoms with Crippen LogP contribution in [0.2, 0.25) is 10.0 Å². The second-order valence-corrected chi connectivity index (χ2v) is 6.61. The minimum absolute atomic E-state index is 0.153. The Morgan fingerprint density at radius 1 is 1.22 bits per heavy atom. The van der Waals surface area contributed by atoms with E-state index < -0.39 is 5.97 Å². The van der Waals surface area contributed by atoms with Gasteiger partial charge in [-0.15, -0.1) is 0 Å². The van der Waals surface area contributed by atoms with Gasteiger partial charge in [-0.05, 0) is 49.8 Å². The van der Waals surface area contributed by atoms with Crippen LogP contribution in [0.15, 0.2) is 36.1 Å². The first kappa shape index (κ1) is 19.3. The van der Waals surface area contributed by atoms with Crippen molar-refractivity contribution in [3.05, 3.63) is 62.8 Å². The fourth-order valence-corrected chi connectivity index (χ4v) is 3.09. The number of ketones is 1. The molecule has 2 aromatic rings. The number of carbonyl (C=O) groups excluding carboxylic acids is 2. The molecule has 0 aromatic heterocycles. The minimum atomic E-state index is -0.465. The Kier molecular flexibility index (Phi) is 5.73. The quantitative estimate of drug-likeness (QED) is 0.523. The normalized spacial score (nSPS) is 14.1. The number of fused-ring (bicyclic) bond motifs is 1. The average molecular weight is 407 g/mol. The molecule has 0 saturated carbocycles. The van der Waals surface area contributed by atoms with Gasteiger partial charge in [-0.3, -0.25) is 4.79 Å². The SMILES string of the molecule is CCOC(=O)COc1ccc2c(c1C)O/C(=C\c1ccc(Cl)cc1Cl)C2=O. The summed E-state index contributed by atoms with van der Waals surface area (Å²) in [6.07, 6.45) is 1.57. The van der Waals surface area contributed by atoms with E-state index in [4.69, 9.17) is 37.4 Å². The van der Waals surface area contributed by atoms with Gasteiger partial charge in [0.15, 0.2) is 12.4 Å². The zero-order valence-corrected chi connectivity index (χ0v) is 16.2. The first-order chi connectivity index (χ1) is 12.9. The third kappa shape index (κ3) is 4.10. The van der Waals surface area contributed by atoms with Gasteiger partial charge < -0.3 is 14.2 Å². The monoisotopic (exact) mass is 406 g/mol. The Hall–Kier alpha value is -2.50. The summed E-state index contributed by atoms with van der Waals surface area (Å²) in [6.45, 7) is 3.54. The minimum Gasteiger partial charge on any atom is -0.481 e. The van der Waals surface area contributed by atoms with Crippen molar-refractivity contribution >= 4 is 41.0 Å². The maximum Gasteiger partial charge on any atom is 0.344 e. The smallest absolute Gasteiger partial charge is 0.344 e. The van der Waals surface area contributed by atoms with Crippen molar-refractivity contribution in [2.75, 3.05) is 13.2 Å². The lowest BCUT2D eigenvalue weighted by Crippen LogP contribution is -2.15. The van der Waals surface area contributed by atoms with Gasteiger partial charge in [-0.1, -0.05) is 29.3 Å². The predicted molar refractivity (Wildman–Crippen MR) is 103 cm³/mol. The summed E-state index contributed by atoms with van der Waals surface area (Å²) in [6, 6.07) is 8.22. The molecule has 0 saturated heterocycles. The molecule has 1 heterocycles. The number of allylic oxidation sites excluding steroid dienone is 1. The van der Waals surface area contributed by atoms with Crippen LogP contribution in [0.1, 0.15) is 28.4 Å². The highest BCUT2D eigenvalue weighted by molar-refractivity contribution is 6.35. The van der Waals surface area contributed by atoms with Gasteiger partial charge >= 0.3 is 5.97 Å². The van der Waals surface area contributed by atoms with Gasteiger partial charge in [0, 0.05) is 15.6 Å². The van der Waals surface area contributed by atoms with E-state index in [-0.39, 0.29) is 24.8 Å². The molecule has 0 atom stereocenters. The molecule has 7 heteroatoms. The second kappa shape index (κ2) is 8.03. The van der Waals surface area contributed by atoms with Gasteiger partial charge in [0.1, 0.15) is 11.5 Å². The summed E-state index contributed by atoms with van der Waals surface area (Å²) >= 11 is 12.1. The van der Waals surface area contributed by atoms with Crippen molar-refractivity contribution in [1.29, 1.82) is 0 Å². The first-order valence-corrected chi connectivity index (χ1v) is 8.97. The van der Waals surface area contributed by atoms with E-state index in [9.17, 15) is 9.59 Å². The van der Waals surface area contributed by atoms with Crippen LogP contribution >= 0.6 is 23.2 Å². The number of hydrogen-bond acceptors (Lipinski definition) is 5. The van der Waals surface area contributed by atoms with E-state index in [1.165, 1.54) is 0 Å². The summed E-state index contributed by atoms with van der Waals surface area (Å²) < 4.78 is 16.1. The highest BCUT2D eigenvalue weighted by atomic mass is 35.5. The second-order valence-electron chi connectivity index (χ2n) is 5.76. The maximum atomic E-state index is 12.6. The van der Waals surface area contributed by atoms with Crippen molar-refractivity contribution in [2.24, 2.45) is 0 Å². The first-order valence-electron chi connectivity index (χ1n) is 8.22. The van der Waals surface area contributed by atoms with Gasteiger partial charge in [-0.25, -0.2) is 4.79 Å². The topological polar surface area (TPSA) is 61.8 Å². The molecule has 5 nitrogen and oxygen atoms in total. The van der Waals surface area contributed by atoms with Gasteiger partial charge in [0.25, 0.3) is 0 Å². The van der Waals surface area contributed by atoms with E-state index in [1.54, 1.807) is 50.3 Å². The maximum absolute atomic E-state index is 12.6. The summed E-state index contributed by atoms with van der Waals surface area (Å²) in [4.78, 5) is 24.1. The van der Waals surface area contributed by atoms with Crippen LogP contribution < -0.4 is 9.47 Å². The number of ether oxygens (including phenoxy) is 3. The highest BCUT2D eigenvalue weighted by Crippen LogP contribution is 2.39. The summed E-state index contributed by atoms with van der Waals surface area (Å²) in [5, 5.41) is 0.917. The van der Waals surface area contributed by atoms with Gasteiger partial charge in [0.2, 0.25) is 5.78 Å². The largest absolute Gasteiger partial charge is 0.481 e. The Morgan fingerprint density at radius 2 is 2.00 bits per heavy atom. The fraction of sp³-hybridized carbons (Fsp3) is 0.200. The molecule has 3 rings (SSSR count). The molecule has 2 aromatic carbocycles. The van der Waals surface area contributed by atoms with Crippen molar-refractivity contribution < 1.29 is 23.8 Å². The molecule has 1 aliphatic rings. The number of hydrogen-bond donors (Lipinski definition) is 0. The highest BCUT2D eigenvalue weighted by Gasteiger charge is 2.30. The predicted octanol–water partition coefficient (Wildman–Crippen LogP) is 4.86. The van der Waals surface area contributed by atoms with Crippen LogP contribution in [-0.4, -0.2) is 25.0 Å². The average Bonchev–Trinajstić information content (AvgIpc) is 2.94. The van der Waals surface area contributed by atoms with Crippen molar-refractivity contribution in [3.8, 4) is 11.5 Å². The molecule has 0 unspecified atom stereocenters. The standard InChI is InChI=1S/C20H16Cl2O5/c1-3-25-18(23)10-26-16-7-6-14-19(24)17(27-20(14)11(16)2)8-12-4-5-13(21)9-15(12)22/h4-9H,3,10H2,1-2H3/b17-8-. The van der Waals surface area contributed by atoms with Crippen LogP contribution in [0.5, 0.6) is 11.5 Å². The lowest BCUT2D eigenvalue weighted by Gasteiger charge is -2.10. The number of Topliss-reactive ketones (excluding diaryl/α,β-unsaturated/α-hetero) is 1. The van der Waals surface area contributed by atoms with E-state index in [2.05, 4.69) is 0 Å². The van der Waals surface area contributed by atoms with Crippen LogP contribution in [0.25, 0.3) is 6.08 Å². The number of carbonyl (C=O) groups is 2. The van der Waals surface area contributed by atoms with E-state index in [0.29, 0.717) is 38.2 Å². The fourth-order valence-electron chi connectivity index (χ4n) is 2.62. The molecule has 0 amide bonds. The van der Waals surface area contributed by atoms with E-state index >= 15 is 0 Å². The number of benzene rings is 2. The van der Waals surface area contributed by atoms with Crippen molar-refractivity contribution in [1.82, 2.24) is 0 Å². The third-order valence-corrected chi connectivity index (χ3v) is 4.50. The van der Waals surface area contributed by atoms with Crippen molar-refractivity contribution in [2.45, 2.75) is 13.8 Å². The third-order valence-electron chi connectivity index (χ3n) is 3.94. The molecule has 0 spiro atoms. The van der Waals surface area contributed by atoms with Crippen LogP contribution in [0.3, 0.4) is 0 Å². The Balaban J connectivity index is 1.85. The van der Waals surface area contributed by atoms with E-state index in [1.807, 2.05) is 0 Å². The Labute approximate surface area is 166 Å². The lowest BCUT2D eigenvalue weighted by molar-refractivity contribution is -0.145. The number of esters is 1. The molecule has 140 valence electrons. The molecule has 0 aliphatic carbocycles. The molecular weight excluding hydrogens is 391 g/mol. The number of rotatable bonds is 5. The molecule has 0 fully saturated rings. The summed E-state index contributed by atoms with van der Waals surface area (Å²) in [5.74, 6) is 0.279. The van der Waals surface area contributed by atoms with E-state index in [0.717, 1.165) is 0 Å². The molecular formula is C20H16Cl2O5. The summed E-state index contributed by atoms with van der Waals surface area (Å²) in [7, 11) is 0. The Bertz CT molecular complexity index is 950. The molecule has 27 heavy (non-hydrogen) atoms. The van der Waals surface area contributed by atoms with Crippen LogP contribution in [0, 0.1) is 6.92 Å². The zero-order chi connectivity index (χ0) is 19.6.